The third-order valence-electron chi connectivity index (χ3n) is 3.31. The summed E-state index contributed by atoms with van der Waals surface area (Å²) in [5.74, 6) is 0.716. The lowest BCUT2D eigenvalue weighted by molar-refractivity contribution is 0.0951. The van der Waals surface area contributed by atoms with Crippen LogP contribution in [0.1, 0.15) is 22.3 Å². The average molecular weight is 331 g/mol. The number of amides is 1. The van der Waals surface area contributed by atoms with Crippen molar-refractivity contribution in [1.82, 2.24) is 5.32 Å². The minimum atomic E-state index is -1.03. The first-order valence-electron chi connectivity index (χ1n) is 7.47. The van der Waals surface area contributed by atoms with E-state index in [1.54, 1.807) is 30.5 Å². The number of nitrogens with one attached hydrogen (secondary N) is 1. The van der Waals surface area contributed by atoms with Crippen molar-refractivity contribution in [1.29, 1.82) is 0 Å². The SMILES string of the molecule is Cc1cccc(OCCCNC(=O)c2ccc(S(C)=O)cc2)c1. The van der Waals surface area contributed by atoms with Crippen LogP contribution in [0.25, 0.3) is 0 Å². The van der Waals surface area contributed by atoms with Gasteiger partial charge >= 0.3 is 0 Å². The number of benzene rings is 2. The highest BCUT2D eigenvalue weighted by Crippen LogP contribution is 2.12. The van der Waals surface area contributed by atoms with Gasteiger partial charge in [0.05, 0.1) is 6.61 Å². The summed E-state index contributed by atoms with van der Waals surface area (Å²) in [5, 5.41) is 2.85. The molecule has 0 saturated heterocycles. The Hall–Kier alpha value is -2.14. The first-order chi connectivity index (χ1) is 11.1. The van der Waals surface area contributed by atoms with E-state index in [1.165, 1.54) is 0 Å². The molecule has 2 rings (SSSR count). The molecule has 0 radical (unpaired) electrons. The Morgan fingerprint density at radius 1 is 1.17 bits per heavy atom. The number of carbonyl (C=O) groups excluding carboxylic acids is 1. The highest BCUT2D eigenvalue weighted by Gasteiger charge is 2.05. The van der Waals surface area contributed by atoms with E-state index in [9.17, 15) is 9.00 Å². The molecule has 0 aliphatic rings. The number of rotatable bonds is 7. The zero-order valence-corrected chi connectivity index (χ0v) is 14.2. The van der Waals surface area contributed by atoms with Gasteiger partial charge in [-0.05, 0) is 55.3 Å². The van der Waals surface area contributed by atoms with Gasteiger partial charge in [0.2, 0.25) is 0 Å². The molecule has 2 aromatic rings. The Morgan fingerprint density at radius 2 is 1.91 bits per heavy atom. The Balaban J connectivity index is 1.71. The van der Waals surface area contributed by atoms with E-state index in [0.29, 0.717) is 23.6 Å². The number of aryl methyl sites for hydroxylation is 1. The zero-order chi connectivity index (χ0) is 16.7. The van der Waals surface area contributed by atoms with Gasteiger partial charge in [0, 0.05) is 34.1 Å². The molecule has 2 aromatic carbocycles. The molecule has 122 valence electrons. The van der Waals surface area contributed by atoms with Crippen molar-refractivity contribution >= 4 is 16.7 Å². The molecule has 0 bridgehead atoms. The zero-order valence-electron chi connectivity index (χ0n) is 13.4. The van der Waals surface area contributed by atoms with Crippen molar-refractivity contribution < 1.29 is 13.7 Å². The molecule has 1 atom stereocenters. The van der Waals surface area contributed by atoms with Gasteiger partial charge in [-0.1, -0.05) is 12.1 Å². The fourth-order valence-corrected chi connectivity index (χ4v) is 2.59. The maximum Gasteiger partial charge on any atom is 0.251 e. The monoisotopic (exact) mass is 331 g/mol. The highest BCUT2D eigenvalue weighted by molar-refractivity contribution is 7.84. The van der Waals surface area contributed by atoms with Crippen LogP contribution in [0.4, 0.5) is 0 Å². The minimum Gasteiger partial charge on any atom is -0.494 e. The predicted octanol–water partition coefficient (Wildman–Crippen LogP) is 2.93. The van der Waals surface area contributed by atoms with Crippen LogP contribution in [0.2, 0.25) is 0 Å². The molecule has 0 heterocycles. The van der Waals surface area contributed by atoms with Crippen LogP contribution >= 0.6 is 0 Å². The van der Waals surface area contributed by atoms with Crippen LogP contribution in [-0.2, 0) is 10.8 Å². The summed E-state index contributed by atoms with van der Waals surface area (Å²) in [5.41, 5.74) is 1.73. The number of ether oxygens (including phenoxy) is 1. The molecule has 0 aliphatic carbocycles. The van der Waals surface area contributed by atoms with Crippen LogP contribution in [0.3, 0.4) is 0 Å². The van der Waals surface area contributed by atoms with E-state index >= 15 is 0 Å². The fourth-order valence-electron chi connectivity index (χ4n) is 2.07. The lowest BCUT2D eigenvalue weighted by Crippen LogP contribution is -2.25. The summed E-state index contributed by atoms with van der Waals surface area (Å²) in [7, 11) is -1.03. The lowest BCUT2D eigenvalue weighted by Gasteiger charge is -2.08. The normalized spacial score (nSPS) is 11.7. The molecule has 1 N–H and O–H groups in total. The summed E-state index contributed by atoms with van der Waals surface area (Å²) < 4.78 is 16.9. The largest absolute Gasteiger partial charge is 0.494 e. The quantitative estimate of drug-likeness (QED) is 0.794. The van der Waals surface area contributed by atoms with E-state index in [0.717, 1.165) is 17.7 Å². The van der Waals surface area contributed by atoms with Gasteiger partial charge in [0.1, 0.15) is 5.75 Å². The summed E-state index contributed by atoms with van der Waals surface area (Å²) in [4.78, 5) is 12.7. The Labute approximate surface area is 139 Å². The topological polar surface area (TPSA) is 55.4 Å². The van der Waals surface area contributed by atoms with Gasteiger partial charge in [-0.3, -0.25) is 9.00 Å². The molecule has 0 aliphatic heterocycles. The summed E-state index contributed by atoms with van der Waals surface area (Å²) >= 11 is 0. The first kappa shape index (κ1) is 17.2. The number of hydrogen-bond donors (Lipinski definition) is 1. The predicted molar refractivity (Wildman–Crippen MR) is 92.4 cm³/mol. The van der Waals surface area contributed by atoms with Crippen molar-refractivity contribution in [2.75, 3.05) is 19.4 Å². The molecule has 0 aromatic heterocycles. The van der Waals surface area contributed by atoms with Gasteiger partial charge < -0.3 is 10.1 Å². The van der Waals surface area contributed by atoms with Crippen LogP contribution < -0.4 is 10.1 Å². The van der Waals surface area contributed by atoms with Crippen LogP contribution in [0.15, 0.2) is 53.4 Å². The number of carbonyl (C=O) groups is 1. The molecule has 5 heteroatoms. The van der Waals surface area contributed by atoms with Gasteiger partial charge in [-0.15, -0.1) is 0 Å². The molecule has 0 spiro atoms. The van der Waals surface area contributed by atoms with Crippen LogP contribution in [0.5, 0.6) is 5.75 Å². The summed E-state index contributed by atoms with van der Waals surface area (Å²) in [6.07, 6.45) is 2.35. The standard InChI is InChI=1S/C18H21NO3S/c1-14-5-3-6-16(13-14)22-12-4-11-19-18(20)15-7-9-17(10-8-15)23(2)21/h3,5-10,13H,4,11-12H2,1-2H3,(H,19,20). The van der Waals surface area contributed by atoms with E-state index in [4.69, 9.17) is 4.74 Å². The summed E-state index contributed by atoms with van der Waals surface area (Å²) in [6, 6.07) is 14.7. The van der Waals surface area contributed by atoms with Crippen molar-refractivity contribution in [3.63, 3.8) is 0 Å². The maximum atomic E-state index is 12.0. The second kappa shape index (κ2) is 8.48. The lowest BCUT2D eigenvalue weighted by atomic mass is 10.2. The Morgan fingerprint density at radius 3 is 2.57 bits per heavy atom. The summed E-state index contributed by atoms with van der Waals surface area (Å²) in [6.45, 7) is 3.12. The Kier molecular flexibility index (Phi) is 6.35. The number of hydrogen-bond acceptors (Lipinski definition) is 3. The van der Waals surface area contributed by atoms with E-state index in [2.05, 4.69) is 5.32 Å². The molecule has 1 unspecified atom stereocenters. The van der Waals surface area contributed by atoms with E-state index in [1.807, 2.05) is 31.2 Å². The molecule has 0 fully saturated rings. The second-order valence-electron chi connectivity index (χ2n) is 5.25. The smallest absolute Gasteiger partial charge is 0.251 e. The van der Waals surface area contributed by atoms with Crippen LogP contribution in [-0.4, -0.2) is 29.5 Å². The fraction of sp³-hybridized carbons (Fsp3) is 0.278. The van der Waals surface area contributed by atoms with Gasteiger partial charge in [-0.25, -0.2) is 0 Å². The van der Waals surface area contributed by atoms with Gasteiger partial charge in [0.15, 0.2) is 0 Å². The molecule has 23 heavy (non-hydrogen) atoms. The molecule has 1 amide bonds. The van der Waals surface area contributed by atoms with Crippen molar-refractivity contribution in [3.05, 3.63) is 59.7 Å². The van der Waals surface area contributed by atoms with E-state index in [-0.39, 0.29) is 5.91 Å². The second-order valence-corrected chi connectivity index (χ2v) is 6.63. The average Bonchev–Trinajstić information content (AvgIpc) is 2.54. The third kappa shape index (κ3) is 5.53. The highest BCUT2D eigenvalue weighted by atomic mass is 32.2. The van der Waals surface area contributed by atoms with Crippen molar-refractivity contribution in [2.24, 2.45) is 0 Å². The minimum absolute atomic E-state index is 0.131. The molecule has 4 nitrogen and oxygen atoms in total. The first-order valence-corrected chi connectivity index (χ1v) is 9.03. The van der Waals surface area contributed by atoms with Gasteiger partial charge in [-0.2, -0.15) is 0 Å². The maximum absolute atomic E-state index is 12.0. The Bertz CT molecular complexity index is 683. The van der Waals surface area contributed by atoms with E-state index < -0.39 is 10.8 Å². The van der Waals surface area contributed by atoms with Crippen molar-refractivity contribution in [3.8, 4) is 5.75 Å². The molecular weight excluding hydrogens is 310 g/mol. The van der Waals surface area contributed by atoms with Crippen LogP contribution in [0, 0.1) is 6.92 Å². The molecular formula is C18H21NO3S. The third-order valence-corrected chi connectivity index (χ3v) is 4.25. The molecule has 0 saturated carbocycles. The van der Waals surface area contributed by atoms with Crippen molar-refractivity contribution in [2.45, 2.75) is 18.2 Å². The van der Waals surface area contributed by atoms with Gasteiger partial charge in [0.25, 0.3) is 5.91 Å².